The molecule has 0 saturated carbocycles. The van der Waals surface area contributed by atoms with E-state index in [0.717, 1.165) is 25.8 Å². The molecule has 0 aliphatic rings. The Balaban J connectivity index is 4.18. The average Bonchev–Trinajstić information content (AvgIpc) is 2.33. The lowest BCUT2D eigenvalue weighted by atomic mass is 9.86. The standard InChI is InChI=1S/C15H34N2O/c1-8-15(12-18,16-6)10-9-11-17(7)13(2)14(3,4)5/h13,16,18H,8-12H2,1-7H3. The van der Waals surface area contributed by atoms with E-state index in [1.54, 1.807) is 0 Å². The summed E-state index contributed by atoms with van der Waals surface area (Å²) in [5.74, 6) is 0. The fraction of sp³-hybridized carbons (Fsp3) is 1.00. The van der Waals surface area contributed by atoms with E-state index in [0.29, 0.717) is 11.5 Å². The number of hydrogen-bond acceptors (Lipinski definition) is 3. The van der Waals surface area contributed by atoms with E-state index in [2.05, 4.69) is 51.9 Å². The van der Waals surface area contributed by atoms with Crippen molar-refractivity contribution in [2.75, 3.05) is 27.2 Å². The molecule has 0 amide bonds. The van der Waals surface area contributed by atoms with Crippen LogP contribution >= 0.6 is 0 Å². The summed E-state index contributed by atoms with van der Waals surface area (Å²) < 4.78 is 0. The van der Waals surface area contributed by atoms with Gasteiger partial charge >= 0.3 is 0 Å². The van der Waals surface area contributed by atoms with Crippen LogP contribution in [0, 0.1) is 5.41 Å². The van der Waals surface area contributed by atoms with Crippen LogP contribution in [-0.2, 0) is 0 Å². The van der Waals surface area contributed by atoms with Gasteiger partial charge in [0, 0.05) is 11.6 Å². The number of aliphatic hydroxyl groups excluding tert-OH is 1. The quantitative estimate of drug-likeness (QED) is 0.702. The Hall–Kier alpha value is -0.120. The summed E-state index contributed by atoms with van der Waals surface area (Å²) in [4.78, 5) is 2.42. The first-order valence-corrected chi connectivity index (χ1v) is 7.22. The van der Waals surface area contributed by atoms with Crippen molar-refractivity contribution in [3.05, 3.63) is 0 Å². The summed E-state index contributed by atoms with van der Waals surface area (Å²) in [6, 6.07) is 0.567. The fourth-order valence-corrected chi connectivity index (χ4v) is 2.27. The molecule has 0 aromatic rings. The Kier molecular flexibility index (Phi) is 7.41. The van der Waals surface area contributed by atoms with E-state index in [-0.39, 0.29) is 12.1 Å². The molecule has 0 saturated heterocycles. The van der Waals surface area contributed by atoms with Crippen molar-refractivity contribution < 1.29 is 5.11 Å². The fourth-order valence-electron chi connectivity index (χ4n) is 2.27. The zero-order chi connectivity index (χ0) is 14.4. The molecular weight excluding hydrogens is 224 g/mol. The summed E-state index contributed by atoms with van der Waals surface area (Å²) in [5, 5.41) is 12.8. The van der Waals surface area contributed by atoms with Gasteiger partial charge in [-0.3, -0.25) is 0 Å². The minimum Gasteiger partial charge on any atom is -0.394 e. The van der Waals surface area contributed by atoms with E-state index in [1.807, 2.05) is 7.05 Å². The van der Waals surface area contributed by atoms with Gasteiger partial charge in [0.05, 0.1) is 6.61 Å². The molecule has 0 heterocycles. The summed E-state index contributed by atoms with van der Waals surface area (Å²) >= 11 is 0. The molecule has 2 atom stereocenters. The average molecular weight is 258 g/mol. The van der Waals surface area contributed by atoms with Crippen LogP contribution in [0.4, 0.5) is 0 Å². The summed E-state index contributed by atoms with van der Waals surface area (Å²) in [6.45, 7) is 12.6. The van der Waals surface area contributed by atoms with E-state index in [4.69, 9.17) is 0 Å². The molecule has 0 aliphatic carbocycles. The molecule has 3 heteroatoms. The van der Waals surface area contributed by atoms with Crippen LogP contribution in [0.2, 0.25) is 0 Å². The maximum atomic E-state index is 9.50. The topological polar surface area (TPSA) is 35.5 Å². The first-order valence-electron chi connectivity index (χ1n) is 7.22. The van der Waals surface area contributed by atoms with Crippen LogP contribution < -0.4 is 5.32 Å². The largest absolute Gasteiger partial charge is 0.394 e. The molecule has 0 bridgehead atoms. The molecule has 0 radical (unpaired) electrons. The van der Waals surface area contributed by atoms with Gasteiger partial charge in [0.2, 0.25) is 0 Å². The molecule has 0 rings (SSSR count). The Labute approximate surface area is 114 Å². The summed E-state index contributed by atoms with van der Waals surface area (Å²) in [7, 11) is 4.14. The predicted molar refractivity (Wildman–Crippen MR) is 79.9 cm³/mol. The highest BCUT2D eigenvalue weighted by atomic mass is 16.3. The van der Waals surface area contributed by atoms with Gasteiger partial charge in [-0.15, -0.1) is 0 Å². The Morgan fingerprint density at radius 2 is 1.83 bits per heavy atom. The summed E-state index contributed by atoms with van der Waals surface area (Å²) in [5.41, 5.74) is 0.225. The van der Waals surface area contributed by atoms with Crippen LogP contribution in [0.1, 0.15) is 53.9 Å². The normalized spacial score (nSPS) is 17.8. The molecule has 0 fully saturated rings. The Bertz CT molecular complexity index is 211. The third kappa shape index (κ3) is 5.25. The highest BCUT2D eigenvalue weighted by Crippen LogP contribution is 2.24. The van der Waals surface area contributed by atoms with Crippen LogP contribution in [-0.4, -0.2) is 48.8 Å². The SMILES string of the molecule is CCC(CO)(CCCN(C)C(C)C(C)(C)C)NC. The van der Waals surface area contributed by atoms with Crippen molar-refractivity contribution in [1.29, 1.82) is 0 Å². The van der Waals surface area contributed by atoms with E-state index in [9.17, 15) is 5.11 Å². The maximum Gasteiger partial charge on any atom is 0.0613 e. The van der Waals surface area contributed by atoms with Gasteiger partial charge in [-0.05, 0) is 52.2 Å². The van der Waals surface area contributed by atoms with Crippen LogP contribution in [0.25, 0.3) is 0 Å². The molecule has 3 nitrogen and oxygen atoms in total. The van der Waals surface area contributed by atoms with Crippen molar-refractivity contribution >= 4 is 0 Å². The van der Waals surface area contributed by atoms with Gasteiger partial charge in [-0.1, -0.05) is 27.7 Å². The predicted octanol–water partition coefficient (Wildman–Crippen LogP) is 2.49. The van der Waals surface area contributed by atoms with Crippen molar-refractivity contribution in [3.8, 4) is 0 Å². The van der Waals surface area contributed by atoms with E-state index >= 15 is 0 Å². The van der Waals surface area contributed by atoms with Crippen molar-refractivity contribution in [2.24, 2.45) is 5.41 Å². The highest BCUT2D eigenvalue weighted by Gasteiger charge is 2.26. The zero-order valence-corrected chi connectivity index (χ0v) is 13.5. The third-order valence-corrected chi connectivity index (χ3v) is 4.59. The lowest BCUT2D eigenvalue weighted by molar-refractivity contribution is 0.120. The maximum absolute atomic E-state index is 9.50. The van der Waals surface area contributed by atoms with Crippen molar-refractivity contribution in [2.45, 2.75) is 65.5 Å². The van der Waals surface area contributed by atoms with Gasteiger partial charge in [0.25, 0.3) is 0 Å². The third-order valence-electron chi connectivity index (χ3n) is 4.59. The van der Waals surface area contributed by atoms with Crippen LogP contribution in [0.5, 0.6) is 0 Å². The first-order chi connectivity index (χ1) is 8.22. The second-order valence-corrected chi connectivity index (χ2v) is 6.67. The monoisotopic (exact) mass is 258 g/mol. The lowest BCUT2D eigenvalue weighted by Crippen LogP contribution is -2.47. The Morgan fingerprint density at radius 3 is 2.17 bits per heavy atom. The molecule has 0 aromatic heterocycles. The molecular formula is C15H34N2O. The highest BCUT2D eigenvalue weighted by molar-refractivity contribution is 4.85. The molecule has 0 aliphatic heterocycles. The van der Waals surface area contributed by atoms with Gasteiger partial charge < -0.3 is 15.3 Å². The minimum atomic E-state index is -0.0915. The number of nitrogens with zero attached hydrogens (tertiary/aromatic N) is 1. The molecule has 110 valence electrons. The minimum absolute atomic E-state index is 0.0915. The number of likely N-dealkylation sites (N-methyl/N-ethyl adjacent to an activating group) is 1. The molecule has 18 heavy (non-hydrogen) atoms. The molecule has 2 unspecified atom stereocenters. The van der Waals surface area contributed by atoms with E-state index < -0.39 is 0 Å². The molecule has 2 N–H and O–H groups in total. The van der Waals surface area contributed by atoms with Gasteiger partial charge in [-0.2, -0.15) is 0 Å². The summed E-state index contributed by atoms with van der Waals surface area (Å²) in [6.07, 6.45) is 3.11. The van der Waals surface area contributed by atoms with Gasteiger partial charge in [0.15, 0.2) is 0 Å². The molecule has 0 aromatic carbocycles. The lowest BCUT2D eigenvalue weighted by Gasteiger charge is -2.36. The number of hydrogen-bond donors (Lipinski definition) is 2. The smallest absolute Gasteiger partial charge is 0.0613 e. The van der Waals surface area contributed by atoms with Crippen LogP contribution in [0.15, 0.2) is 0 Å². The van der Waals surface area contributed by atoms with Crippen molar-refractivity contribution in [3.63, 3.8) is 0 Å². The second kappa shape index (κ2) is 7.46. The first kappa shape index (κ1) is 17.9. The number of aliphatic hydroxyl groups is 1. The van der Waals surface area contributed by atoms with Crippen LogP contribution in [0.3, 0.4) is 0 Å². The Morgan fingerprint density at radius 1 is 1.28 bits per heavy atom. The molecule has 0 spiro atoms. The van der Waals surface area contributed by atoms with Gasteiger partial charge in [0.1, 0.15) is 0 Å². The number of nitrogens with one attached hydrogen (secondary N) is 1. The van der Waals surface area contributed by atoms with Gasteiger partial charge in [-0.25, -0.2) is 0 Å². The van der Waals surface area contributed by atoms with E-state index in [1.165, 1.54) is 0 Å². The van der Waals surface area contributed by atoms with Crippen molar-refractivity contribution in [1.82, 2.24) is 10.2 Å². The number of rotatable bonds is 8. The second-order valence-electron chi connectivity index (χ2n) is 6.67. The zero-order valence-electron chi connectivity index (χ0n) is 13.5.